The van der Waals surface area contributed by atoms with Crippen LogP contribution < -0.4 is 15.4 Å². The molecule has 150 valence electrons. The molecule has 5 nitrogen and oxygen atoms in total. The summed E-state index contributed by atoms with van der Waals surface area (Å²) in [6, 6.07) is 6.50. The monoisotopic (exact) mass is 488 g/mol. The summed E-state index contributed by atoms with van der Waals surface area (Å²) in [5, 5.41) is 6.41. The second-order valence-electron chi connectivity index (χ2n) is 5.43. The van der Waals surface area contributed by atoms with Crippen LogP contribution in [-0.2, 0) is 6.54 Å². The van der Waals surface area contributed by atoms with Gasteiger partial charge in [0.25, 0.3) is 0 Å². The van der Waals surface area contributed by atoms with Crippen molar-refractivity contribution < 1.29 is 17.9 Å². The molecule has 0 aliphatic heterocycles. The Hall–Kier alpha value is -1.23. The fourth-order valence-electron chi connectivity index (χ4n) is 2.15. The molecular weight excluding hydrogens is 460 g/mol. The molecule has 0 amide bonds. The normalized spacial score (nSPS) is 11.9. The van der Waals surface area contributed by atoms with Crippen molar-refractivity contribution in [2.45, 2.75) is 26.6 Å². The molecule has 0 atom stereocenters. The van der Waals surface area contributed by atoms with E-state index < -0.39 is 12.8 Å². The molecule has 0 saturated heterocycles. The van der Waals surface area contributed by atoms with Gasteiger partial charge in [-0.1, -0.05) is 26.0 Å². The van der Waals surface area contributed by atoms with E-state index in [1.807, 2.05) is 0 Å². The van der Waals surface area contributed by atoms with Crippen LogP contribution in [-0.4, -0.2) is 56.9 Å². The Morgan fingerprint density at radius 2 is 1.73 bits per heavy atom. The predicted molar refractivity (Wildman–Crippen MR) is 109 cm³/mol. The summed E-state index contributed by atoms with van der Waals surface area (Å²) in [6.07, 6.45) is -4.33. The van der Waals surface area contributed by atoms with Crippen LogP contribution >= 0.6 is 24.0 Å². The average Bonchev–Trinajstić information content (AvgIpc) is 2.60. The first-order valence-electron chi connectivity index (χ1n) is 8.33. The van der Waals surface area contributed by atoms with E-state index in [-0.39, 0.29) is 29.7 Å². The van der Waals surface area contributed by atoms with Gasteiger partial charge in [0, 0.05) is 26.7 Å². The Morgan fingerprint density at radius 3 is 2.23 bits per heavy atom. The molecule has 2 N–H and O–H groups in total. The molecule has 0 heterocycles. The van der Waals surface area contributed by atoms with Gasteiger partial charge in [0.1, 0.15) is 5.75 Å². The first-order valence-corrected chi connectivity index (χ1v) is 8.33. The minimum absolute atomic E-state index is 0. The molecular formula is C17H28F3IN4O. The molecule has 0 unspecified atom stereocenters. The summed E-state index contributed by atoms with van der Waals surface area (Å²) in [4.78, 5) is 6.46. The van der Waals surface area contributed by atoms with Gasteiger partial charge >= 0.3 is 6.18 Å². The van der Waals surface area contributed by atoms with Crippen LogP contribution in [0.15, 0.2) is 29.3 Å². The van der Waals surface area contributed by atoms with Crippen LogP contribution in [0.1, 0.15) is 19.4 Å². The first-order chi connectivity index (χ1) is 11.9. The molecule has 9 heteroatoms. The Labute approximate surface area is 170 Å². The summed E-state index contributed by atoms with van der Waals surface area (Å²) in [7, 11) is 1.70. The number of nitrogens with one attached hydrogen (secondary N) is 2. The Balaban J connectivity index is 0.00000625. The number of likely N-dealkylation sites (N-methyl/N-ethyl adjacent to an activating group) is 1. The molecule has 0 fully saturated rings. The van der Waals surface area contributed by atoms with Crippen molar-refractivity contribution in [3.63, 3.8) is 0 Å². The molecule has 1 aromatic carbocycles. The molecule has 0 spiro atoms. The van der Waals surface area contributed by atoms with Gasteiger partial charge < -0.3 is 20.3 Å². The highest BCUT2D eigenvalue weighted by Crippen LogP contribution is 2.18. The van der Waals surface area contributed by atoms with Crippen molar-refractivity contribution in [3.8, 4) is 5.75 Å². The first kappa shape index (κ1) is 24.8. The number of rotatable bonds is 9. The lowest BCUT2D eigenvalue weighted by atomic mass is 10.2. The smallest absolute Gasteiger partial charge is 0.422 e. The van der Waals surface area contributed by atoms with Crippen molar-refractivity contribution in [1.29, 1.82) is 0 Å². The fraction of sp³-hybridized carbons (Fsp3) is 0.588. The number of alkyl halides is 3. The van der Waals surface area contributed by atoms with Crippen molar-refractivity contribution in [2.24, 2.45) is 4.99 Å². The second-order valence-corrected chi connectivity index (χ2v) is 5.43. The zero-order valence-corrected chi connectivity index (χ0v) is 17.7. The maximum Gasteiger partial charge on any atom is 0.422 e. The molecule has 0 aliphatic carbocycles. The van der Waals surface area contributed by atoms with E-state index >= 15 is 0 Å². The maximum absolute atomic E-state index is 12.1. The van der Waals surface area contributed by atoms with E-state index in [1.54, 1.807) is 19.2 Å². The van der Waals surface area contributed by atoms with E-state index in [0.717, 1.165) is 31.7 Å². The molecule has 0 saturated carbocycles. The highest BCUT2D eigenvalue weighted by atomic mass is 127. The van der Waals surface area contributed by atoms with Gasteiger partial charge in [0.05, 0.1) is 0 Å². The second kappa shape index (κ2) is 13.0. The predicted octanol–water partition coefficient (Wildman–Crippen LogP) is 3.25. The lowest BCUT2D eigenvalue weighted by Crippen LogP contribution is -2.41. The Morgan fingerprint density at radius 1 is 1.12 bits per heavy atom. The highest BCUT2D eigenvalue weighted by Gasteiger charge is 2.28. The van der Waals surface area contributed by atoms with Crippen molar-refractivity contribution in [2.75, 3.05) is 39.8 Å². The Kier molecular flexibility index (Phi) is 12.4. The number of ether oxygens (including phenoxy) is 1. The van der Waals surface area contributed by atoms with Crippen LogP contribution in [0.5, 0.6) is 5.75 Å². The van der Waals surface area contributed by atoms with Gasteiger partial charge in [-0.25, -0.2) is 0 Å². The summed E-state index contributed by atoms with van der Waals surface area (Å²) in [6.45, 7) is 7.21. The van der Waals surface area contributed by atoms with Gasteiger partial charge in [-0.2, -0.15) is 13.2 Å². The molecule has 0 bridgehead atoms. The molecule has 26 heavy (non-hydrogen) atoms. The van der Waals surface area contributed by atoms with Gasteiger partial charge in [-0.15, -0.1) is 24.0 Å². The SMILES string of the molecule is CCN(CC)CCNC(=NC)NCc1ccc(OCC(F)(F)F)cc1.I. The van der Waals surface area contributed by atoms with Crippen molar-refractivity contribution in [3.05, 3.63) is 29.8 Å². The van der Waals surface area contributed by atoms with E-state index in [1.165, 1.54) is 12.1 Å². The zero-order valence-electron chi connectivity index (χ0n) is 15.4. The molecule has 0 aliphatic rings. The number of nitrogens with zero attached hydrogens (tertiary/aromatic N) is 2. The van der Waals surface area contributed by atoms with Crippen LogP contribution in [0.3, 0.4) is 0 Å². The lowest BCUT2D eigenvalue weighted by molar-refractivity contribution is -0.153. The van der Waals surface area contributed by atoms with Gasteiger partial charge in [0.15, 0.2) is 12.6 Å². The summed E-state index contributed by atoms with van der Waals surface area (Å²) in [5.74, 6) is 0.882. The fourth-order valence-corrected chi connectivity index (χ4v) is 2.15. The third-order valence-corrected chi connectivity index (χ3v) is 3.62. The maximum atomic E-state index is 12.1. The van der Waals surface area contributed by atoms with Gasteiger partial charge in [-0.3, -0.25) is 4.99 Å². The van der Waals surface area contributed by atoms with Crippen LogP contribution in [0, 0.1) is 0 Å². The van der Waals surface area contributed by atoms with Crippen molar-refractivity contribution >= 4 is 29.9 Å². The van der Waals surface area contributed by atoms with Gasteiger partial charge in [-0.05, 0) is 30.8 Å². The third kappa shape index (κ3) is 10.7. The minimum atomic E-state index is -4.33. The standard InChI is InChI=1S/C17H27F3N4O.HI/c1-4-24(5-2)11-10-22-16(21-3)23-12-14-6-8-15(9-7-14)25-13-17(18,19)20;/h6-9H,4-5,10-13H2,1-3H3,(H2,21,22,23);1H. The topological polar surface area (TPSA) is 48.9 Å². The van der Waals surface area contributed by atoms with Crippen LogP contribution in [0.4, 0.5) is 13.2 Å². The molecule has 0 radical (unpaired) electrons. The summed E-state index contributed by atoms with van der Waals surface area (Å²) >= 11 is 0. The molecule has 0 aromatic heterocycles. The number of halogens is 4. The van der Waals surface area contributed by atoms with Crippen LogP contribution in [0.2, 0.25) is 0 Å². The zero-order chi connectivity index (χ0) is 18.7. The van der Waals surface area contributed by atoms with Gasteiger partial charge in [0.2, 0.25) is 0 Å². The number of guanidine groups is 1. The summed E-state index contributed by atoms with van der Waals surface area (Å²) < 4.78 is 41.0. The molecule has 1 aromatic rings. The van der Waals surface area contributed by atoms with E-state index in [0.29, 0.717) is 12.5 Å². The van der Waals surface area contributed by atoms with E-state index in [4.69, 9.17) is 0 Å². The third-order valence-electron chi connectivity index (χ3n) is 3.62. The largest absolute Gasteiger partial charge is 0.484 e. The Bertz CT molecular complexity index is 520. The lowest BCUT2D eigenvalue weighted by Gasteiger charge is -2.19. The minimum Gasteiger partial charge on any atom is -0.484 e. The van der Waals surface area contributed by atoms with Crippen LogP contribution in [0.25, 0.3) is 0 Å². The average molecular weight is 488 g/mol. The molecule has 1 rings (SSSR count). The van der Waals surface area contributed by atoms with E-state index in [9.17, 15) is 13.2 Å². The summed E-state index contributed by atoms with van der Waals surface area (Å²) in [5.41, 5.74) is 0.922. The number of hydrogen-bond acceptors (Lipinski definition) is 3. The number of benzene rings is 1. The highest BCUT2D eigenvalue weighted by molar-refractivity contribution is 14.0. The number of aliphatic imine (C=N–C) groups is 1. The van der Waals surface area contributed by atoms with Crippen molar-refractivity contribution in [1.82, 2.24) is 15.5 Å². The van der Waals surface area contributed by atoms with E-state index in [2.05, 4.69) is 39.1 Å². The quantitative estimate of drug-likeness (QED) is 0.319. The number of hydrogen-bond donors (Lipinski definition) is 2.